The molecule has 4 saturated carbocycles. The lowest BCUT2D eigenvalue weighted by molar-refractivity contribution is -0.345. The number of aliphatic hydroxyl groups is 5. The highest BCUT2D eigenvalue weighted by atomic mass is 16.7. The van der Waals surface area contributed by atoms with Gasteiger partial charge in [0.1, 0.15) is 42.7 Å². The highest BCUT2D eigenvalue weighted by molar-refractivity contribution is 5.73. The van der Waals surface area contributed by atoms with Gasteiger partial charge in [-0.1, -0.05) is 27.7 Å². The van der Waals surface area contributed by atoms with E-state index in [0.717, 1.165) is 45.1 Å². The molecule has 0 radical (unpaired) electrons. The molecule has 4 aliphatic carbocycles. The van der Waals surface area contributed by atoms with Gasteiger partial charge in [-0.05, 0) is 111 Å². The average molecular weight is 766 g/mol. The van der Waals surface area contributed by atoms with E-state index < -0.39 is 79.7 Å². The predicted molar refractivity (Wildman–Crippen MR) is 193 cm³/mol. The first-order valence-corrected chi connectivity index (χ1v) is 21.1. The van der Waals surface area contributed by atoms with E-state index >= 15 is 0 Å². The Kier molecular flexibility index (Phi) is 10.8. The van der Waals surface area contributed by atoms with Crippen LogP contribution in [0.4, 0.5) is 0 Å². The third-order valence-electron chi connectivity index (χ3n) is 16.5. The van der Waals surface area contributed by atoms with Crippen molar-refractivity contribution in [2.75, 3.05) is 13.2 Å². The highest BCUT2D eigenvalue weighted by Gasteiger charge is 2.69. The third kappa shape index (κ3) is 6.42. The second-order valence-electron chi connectivity index (χ2n) is 19.4. The molecule has 8 fully saturated rings. The zero-order valence-electron chi connectivity index (χ0n) is 33.0. The van der Waals surface area contributed by atoms with Crippen LogP contribution < -0.4 is 5.32 Å². The van der Waals surface area contributed by atoms with Gasteiger partial charge in [-0.25, -0.2) is 0 Å². The van der Waals surface area contributed by atoms with Crippen LogP contribution >= 0.6 is 0 Å². The first kappa shape index (κ1) is 39.8. The van der Waals surface area contributed by atoms with E-state index in [0.29, 0.717) is 41.4 Å². The van der Waals surface area contributed by atoms with Crippen molar-refractivity contribution in [3.63, 3.8) is 0 Å². The van der Waals surface area contributed by atoms with Gasteiger partial charge in [0, 0.05) is 19.3 Å². The van der Waals surface area contributed by atoms with Crippen molar-refractivity contribution in [2.45, 2.75) is 185 Å². The first-order chi connectivity index (χ1) is 25.6. The molecule has 13 nitrogen and oxygen atoms in total. The Balaban J connectivity index is 0.949. The van der Waals surface area contributed by atoms with E-state index in [9.17, 15) is 30.3 Å². The fourth-order valence-corrected chi connectivity index (χ4v) is 13.6. The Morgan fingerprint density at radius 1 is 0.815 bits per heavy atom. The molecule has 0 unspecified atom stereocenters. The standard InChI is InChI=1S/C41H67NO12/c1-19-9-14-41(49-18-19)20(2)30-28(54-41)16-27-25-8-7-23-15-24(10-12-39(23,5)26(25)11-13-40(27,30)6)51-37-31(42-22(4)44)36(33(46)29(17-43)52-37)53-38-35(48)34(47)32(45)21(3)50-38/h19-21,23-38,43,45-48H,7-18H2,1-6H3,(H,42,44)/t19-,20+,21+,23+,24+,25-,26+,27+,28+,29-,30+,31-,32+,33-,34-,35-,36-,37-,38+,39+,40+,41-/m1/s1. The van der Waals surface area contributed by atoms with Crippen molar-refractivity contribution >= 4 is 5.91 Å². The van der Waals surface area contributed by atoms with Crippen LogP contribution in [0, 0.1) is 52.3 Å². The number of amides is 1. The fraction of sp³-hybridized carbons (Fsp3) is 0.976. The van der Waals surface area contributed by atoms with E-state index in [1.165, 1.54) is 39.5 Å². The number of hydrogen-bond donors (Lipinski definition) is 6. The van der Waals surface area contributed by atoms with Crippen molar-refractivity contribution in [2.24, 2.45) is 52.3 Å². The summed E-state index contributed by atoms with van der Waals surface area (Å²) in [6.45, 7) is 12.9. The summed E-state index contributed by atoms with van der Waals surface area (Å²) in [5, 5.41) is 55.6. The van der Waals surface area contributed by atoms with Gasteiger partial charge >= 0.3 is 0 Å². The lowest BCUT2D eigenvalue weighted by atomic mass is 9.44. The van der Waals surface area contributed by atoms with Crippen LogP contribution in [0.25, 0.3) is 0 Å². The summed E-state index contributed by atoms with van der Waals surface area (Å²) in [7, 11) is 0. The normalized spacial score (nSPS) is 57.1. The molecule has 8 rings (SSSR count). The Morgan fingerprint density at radius 3 is 2.28 bits per heavy atom. The van der Waals surface area contributed by atoms with Crippen LogP contribution in [0.15, 0.2) is 0 Å². The molecule has 0 aromatic carbocycles. The summed E-state index contributed by atoms with van der Waals surface area (Å²) in [5.74, 6) is 3.20. The molecule has 0 bridgehead atoms. The minimum absolute atomic E-state index is 0.173. The highest BCUT2D eigenvalue weighted by Crippen LogP contribution is 2.71. The summed E-state index contributed by atoms with van der Waals surface area (Å²) >= 11 is 0. The Morgan fingerprint density at radius 2 is 1.57 bits per heavy atom. The Labute approximate surface area is 320 Å². The first-order valence-electron chi connectivity index (χ1n) is 21.1. The molecule has 0 aromatic rings. The molecule has 4 aliphatic heterocycles. The molecule has 8 aliphatic rings. The van der Waals surface area contributed by atoms with Gasteiger partial charge in [-0.15, -0.1) is 0 Å². The molecule has 54 heavy (non-hydrogen) atoms. The number of carbonyl (C=O) groups is 1. The van der Waals surface area contributed by atoms with Crippen LogP contribution in [0.3, 0.4) is 0 Å². The molecule has 1 amide bonds. The molecule has 1 spiro atoms. The lowest BCUT2D eigenvalue weighted by Gasteiger charge is -2.61. The van der Waals surface area contributed by atoms with Gasteiger partial charge < -0.3 is 59.3 Å². The van der Waals surface area contributed by atoms with Crippen molar-refractivity contribution in [1.29, 1.82) is 0 Å². The summed E-state index contributed by atoms with van der Waals surface area (Å²) < 4.78 is 38.2. The minimum atomic E-state index is -1.62. The Bertz CT molecular complexity index is 1360. The van der Waals surface area contributed by atoms with Crippen LogP contribution in [0.2, 0.25) is 0 Å². The van der Waals surface area contributed by atoms with Gasteiger partial charge in [0.15, 0.2) is 18.4 Å². The van der Waals surface area contributed by atoms with Crippen LogP contribution in [0.1, 0.15) is 106 Å². The zero-order valence-corrected chi connectivity index (χ0v) is 33.0. The van der Waals surface area contributed by atoms with Crippen LogP contribution in [-0.2, 0) is 33.2 Å². The summed E-state index contributed by atoms with van der Waals surface area (Å²) in [6, 6.07) is -1.01. The zero-order chi connectivity index (χ0) is 38.5. The molecule has 4 saturated heterocycles. The monoisotopic (exact) mass is 765 g/mol. The van der Waals surface area contributed by atoms with E-state index in [2.05, 4.69) is 33.0 Å². The van der Waals surface area contributed by atoms with E-state index in [4.69, 9.17) is 28.4 Å². The van der Waals surface area contributed by atoms with E-state index in [1.54, 1.807) is 0 Å². The topological polar surface area (TPSA) is 186 Å². The SMILES string of the molecule is CC(=O)N[C@H]1[C@H](O[C@H]2CC[C@@]3(C)[C@@H](CC[C@@H]4[C@@H]3CC[C@]3(C)[C@@H]5[C@H](C[C@@H]43)O[C@]3(CC[C@@H](C)CO3)[C@H]5C)C2)O[C@H](CO)[C@@H](O)[C@@H]1O[C@@H]1O[C@@H](C)[C@H](O)[C@@H](O)[C@H]1O. The van der Waals surface area contributed by atoms with Crippen molar-refractivity contribution in [1.82, 2.24) is 5.32 Å². The van der Waals surface area contributed by atoms with Gasteiger partial charge in [0.25, 0.3) is 0 Å². The number of hydrogen-bond acceptors (Lipinski definition) is 12. The molecule has 22 atom stereocenters. The Hall–Kier alpha value is -0.970. The second-order valence-corrected chi connectivity index (χ2v) is 19.4. The van der Waals surface area contributed by atoms with Crippen LogP contribution in [0.5, 0.6) is 0 Å². The molecule has 4 heterocycles. The largest absolute Gasteiger partial charge is 0.394 e. The number of nitrogens with one attached hydrogen (secondary N) is 1. The summed E-state index contributed by atoms with van der Waals surface area (Å²) in [4.78, 5) is 12.5. The predicted octanol–water partition coefficient (Wildman–Crippen LogP) is 2.61. The average Bonchev–Trinajstić information content (AvgIpc) is 3.58. The molecular weight excluding hydrogens is 698 g/mol. The van der Waals surface area contributed by atoms with Gasteiger partial charge in [0.2, 0.25) is 5.91 Å². The van der Waals surface area contributed by atoms with Gasteiger partial charge in [-0.2, -0.15) is 0 Å². The molecule has 13 heteroatoms. The number of ether oxygens (including phenoxy) is 6. The lowest BCUT2D eigenvalue weighted by Crippen LogP contribution is -2.68. The minimum Gasteiger partial charge on any atom is -0.394 e. The number of aliphatic hydroxyl groups excluding tert-OH is 5. The second kappa shape index (κ2) is 14.7. The van der Waals surface area contributed by atoms with Crippen molar-refractivity contribution in [3.8, 4) is 0 Å². The molecule has 6 N–H and O–H groups in total. The molecule has 308 valence electrons. The number of rotatable bonds is 6. The smallest absolute Gasteiger partial charge is 0.217 e. The van der Waals surface area contributed by atoms with Gasteiger partial charge in [0.05, 0.1) is 31.5 Å². The number of carbonyl (C=O) groups excluding carboxylic acids is 1. The maximum Gasteiger partial charge on any atom is 0.217 e. The fourth-order valence-electron chi connectivity index (χ4n) is 13.6. The van der Waals surface area contributed by atoms with E-state index in [1.807, 2.05) is 0 Å². The van der Waals surface area contributed by atoms with Crippen LogP contribution in [-0.4, -0.2) is 124 Å². The molecular formula is C41H67NO12. The van der Waals surface area contributed by atoms with Crippen molar-refractivity contribution in [3.05, 3.63) is 0 Å². The van der Waals surface area contributed by atoms with Crippen molar-refractivity contribution < 1.29 is 58.7 Å². The third-order valence-corrected chi connectivity index (χ3v) is 16.5. The van der Waals surface area contributed by atoms with E-state index in [-0.39, 0.29) is 23.0 Å². The van der Waals surface area contributed by atoms with Gasteiger partial charge in [-0.3, -0.25) is 4.79 Å². The maximum absolute atomic E-state index is 12.5. The quantitative estimate of drug-likeness (QED) is 0.218. The maximum atomic E-state index is 12.5. The number of fused-ring (bicyclic) bond motifs is 7. The molecule has 0 aromatic heterocycles. The summed E-state index contributed by atoms with van der Waals surface area (Å²) in [5.41, 5.74) is 0.456. The summed E-state index contributed by atoms with van der Waals surface area (Å²) in [6.07, 6.45) is -0.649.